The Morgan fingerprint density at radius 2 is 1.79 bits per heavy atom. The number of nitrogens with zero attached hydrogens (tertiary/aromatic N) is 1. The molecule has 1 aromatic carbocycles. The Hall–Kier alpha value is -1.33. The first-order valence-corrected chi connectivity index (χ1v) is 13.0. The van der Waals surface area contributed by atoms with Gasteiger partial charge in [0.15, 0.2) is 0 Å². The molecule has 0 bridgehead atoms. The van der Waals surface area contributed by atoms with Gasteiger partial charge in [-0.05, 0) is 52.7 Å². The van der Waals surface area contributed by atoms with E-state index in [9.17, 15) is 4.79 Å². The zero-order valence-electron chi connectivity index (χ0n) is 18.6. The highest BCUT2D eigenvalue weighted by atomic mass is 28.4. The number of aryl methyl sites for hydroxylation is 1. The Labute approximate surface area is 171 Å². The van der Waals surface area contributed by atoms with Gasteiger partial charge in [-0.15, -0.1) is 0 Å². The van der Waals surface area contributed by atoms with Crippen LogP contribution in [-0.2, 0) is 16.0 Å². The number of morpholine rings is 1. The fraction of sp³-hybridized carbons (Fsp3) is 0.696. The maximum Gasteiger partial charge on any atom is 0.258 e. The number of benzene rings is 1. The maximum atomic E-state index is 12.1. The summed E-state index contributed by atoms with van der Waals surface area (Å²) in [6.07, 6.45) is 1.93. The second-order valence-electron chi connectivity index (χ2n) is 9.39. The van der Waals surface area contributed by atoms with Gasteiger partial charge < -0.3 is 14.1 Å². The fourth-order valence-electron chi connectivity index (χ4n) is 5.70. The molecule has 1 saturated heterocycles. The topological polar surface area (TPSA) is 38.8 Å². The molecule has 2 aliphatic rings. The standard InChI is InChI=1S/C23H37NO3Si/c1-15(2)28(16(3)4,17(5)6)27-20-10-8-19-9-11-22-23(21(19)14-20)26-13-12-24(22)18(7)25/h8,10,14-17,22-23H,9,11-13H2,1-7H3/t22-,23-/m0/s1. The molecule has 156 valence electrons. The van der Waals surface area contributed by atoms with Crippen molar-refractivity contribution in [2.24, 2.45) is 0 Å². The van der Waals surface area contributed by atoms with Gasteiger partial charge in [0.05, 0.1) is 12.6 Å². The minimum atomic E-state index is -1.99. The highest BCUT2D eigenvalue weighted by Gasteiger charge is 2.47. The number of carbonyl (C=O) groups is 1. The smallest absolute Gasteiger partial charge is 0.258 e. The normalized spacial score (nSPS) is 22.4. The van der Waals surface area contributed by atoms with E-state index >= 15 is 0 Å². The Bertz CT molecular complexity index is 694. The lowest BCUT2D eigenvalue weighted by atomic mass is 9.84. The van der Waals surface area contributed by atoms with Gasteiger partial charge in [0.1, 0.15) is 11.9 Å². The number of fused-ring (bicyclic) bond motifs is 3. The highest BCUT2D eigenvalue weighted by molar-refractivity contribution is 6.78. The molecule has 1 amide bonds. The largest absolute Gasteiger partial charge is 0.543 e. The maximum absolute atomic E-state index is 12.1. The summed E-state index contributed by atoms with van der Waals surface area (Å²) in [5, 5.41) is 0. The number of hydrogen-bond acceptors (Lipinski definition) is 3. The molecule has 0 unspecified atom stereocenters. The van der Waals surface area contributed by atoms with Crippen molar-refractivity contribution in [3.8, 4) is 5.75 Å². The molecule has 1 aliphatic heterocycles. The number of hydrogen-bond donors (Lipinski definition) is 0. The molecule has 1 aromatic rings. The van der Waals surface area contributed by atoms with E-state index in [1.54, 1.807) is 6.92 Å². The van der Waals surface area contributed by atoms with E-state index in [1.807, 2.05) is 4.90 Å². The number of rotatable bonds is 5. The van der Waals surface area contributed by atoms with E-state index in [0.29, 0.717) is 29.8 Å². The van der Waals surface area contributed by atoms with Gasteiger partial charge in [-0.1, -0.05) is 47.6 Å². The van der Waals surface area contributed by atoms with Gasteiger partial charge in [0.25, 0.3) is 8.32 Å². The van der Waals surface area contributed by atoms with Gasteiger partial charge in [-0.25, -0.2) is 0 Å². The van der Waals surface area contributed by atoms with Crippen LogP contribution < -0.4 is 4.43 Å². The zero-order valence-corrected chi connectivity index (χ0v) is 19.6. The van der Waals surface area contributed by atoms with Crippen LogP contribution in [0.4, 0.5) is 0 Å². The minimum absolute atomic E-state index is 0.0295. The van der Waals surface area contributed by atoms with E-state index in [2.05, 4.69) is 59.7 Å². The van der Waals surface area contributed by atoms with Crippen molar-refractivity contribution in [3.05, 3.63) is 29.3 Å². The molecule has 1 aliphatic carbocycles. The van der Waals surface area contributed by atoms with Gasteiger partial charge in [0.2, 0.25) is 5.91 Å². The summed E-state index contributed by atoms with van der Waals surface area (Å²) in [6, 6.07) is 6.73. The Morgan fingerprint density at radius 3 is 2.36 bits per heavy atom. The number of ether oxygens (including phenoxy) is 1. The number of carbonyl (C=O) groups excluding carboxylic acids is 1. The minimum Gasteiger partial charge on any atom is -0.543 e. The fourth-order valence-corrected chi connectivity index (χ4v) is 10.9. The lowest BCUT2D eigenvalue weighted by Gasteiger charge is -2.45. The molecule has 2 atom stereocenters. The summed E-state index contributed by atoms with van der Waals surface area (Å²) in [5.74, 6) is 1.13. The second kappa shape index (κ2) is 8.19. The molecule has 0 spiro atoms. The average Bonchev–Trinajstić information content (AvgIpc) is 2.64. The van der Waals surface area contributed by atoms with Crippen molar-refractivity contribution >= 4 is 14.2 Å². The monoisotopic (exact) mass is 403 g/mol. The Balaban J connectivity index is 1.95. The molecule has 5 heteroatoms. The first-order chi connectivity index (χ1) is 13.2. The van der Waals surface area contributed by atoms with Crippen molar-refractivity contribution < 1.29 is 14.0 Å². The van der Waals surface area contributed by atoms with Gasteiger partial charge >= 0.3 is 0 Å². The van der Waals surface area contributed by atoms with Crippen LogP contribution in [0.2, 0.25) is 16.6 Å². The van der Waals surface area contributed by atoms with E-state index in [1.165, 1.54) is 11.1 Å². The van der Waals surface area contributed by atoms with Gasteiger partial charge in [0, 0.05) is 13.5 Å². The van der Waals surface area contributed by atoms with Crippen molar-refractivity contribution in [2.45, 2.75) is 90.1 Å². The van der Waals surface area contributed by atoms with Crippen LogP contribution in [0, 0.1) is 0 Å². The second-order valence-corrected chi connectivity index (χ2v) is 14.8. The summed E-state index contributed by atoms with van der Waals surface area (Å²) in [6.45, 7) is 16.9. The summed E-state index contributed by atoms with van der Waals surface area (Å²) >= 11 is 0. The van der Waals surface area contributed by atoms with Crippen LogP contribution in [0.1, 0.15) is 72.1 Å². The van der Waals surface area contributed by atoms with E-state index in [0.717, 1.165) is 18.6 Å². The lowest BCUT2D eigenvalue weighted by Crippen LogP contribution is -2.51. The van der Waals surface area contributed by atoms with Crippen LogP contribution in [0.5, 0.6) is 5.75 Å². The summed E-state index contributed by atoms with van der Waals surface area (Å²) in [7, 11) is -1.99. The first kappa shape index (κ1) is 21.4. The highest BCUT2D eigenvalue weighted by Crippen LogP contribution is 2.44. The van der Waals surface area contributed by atoms with E-state index < -0.39 is 8.32 Å². The molecule has 0 saturated carbocycles. The van der Waals surface area contributed by atoms with E-state index in [4.69, 9.17) is 9.16 Å². The van der Waals surface area contributed by atoms with Crippen molar-refractivity contribution in [3.63, 3.8) is 0 Å². The van der Waals surface area contributed by atoms with Gasteiger partial charge in [-0.2, -0.15) is 0 Å². The number of amides is 1. The summed E-state index contributed by atoms with van der Waals surface area (Å²) in [4.78, 5) is 14.1. The molecule has 3 rings (SSSR count). The predicted octanol–water partition coefficient (Wildman–Crippen LogP) is 5.48. The zero-order chi connectivity index (χ0) is 20.6. The van der Waals surface area contributed by atoms with Crippen LogP contribution in [0.3, 0.4) is 0 Å². The van der Waals surface area contributed by atoms with Crippen LogP contribution in [0.15, 0.2) is 18.2 Å². The van der Waals surface area contributed by atoms with E-state index in [-0.39, 0.29) is 18.1 Å². The van der Waals surface area contributed by atoms with Gasteiger partial charge in [-0.3, -0.25) is 4.79 Å². The molecule has 0 N–H and O–H groups in total. The molecule has 28 heavy (non-hydrogen) atoms. The predicted molar refractivity (Wildman–Crippen MR) is 116 cm³/mol. The Morgan fingerprint density at radius 1 is 1.14 bits per heavy atom. The van der Waals surface area contributed by atoms with Crippen molar-refractivity contribution in [1.82, 2.24) is 4.90 Å². The molecule has 1 fully saturated rings. The van der Waals surface area contributed by atoms with Crippen LogP contribution in [0.25, 0.3) is 0 Å². The SMILES string of the molecule is CC(=O)N1CCO[C@H]2c3cc(O[Si](C(C)C)(C(C)C)C(C)C)ccc3CC[C@@H]21. The van der Waals surface area contributed by atoms with Crippen molar-refractivity contribution in [2.75, 3.05) is 13.2 Å². The molecule has 1 heterocycles. The molecule has 0 aromatic heterocycles. The van der Waals surface area contributed by atoms with Crippen LogP contribution >= 0.6 is 0 Å². The quantitative estimate of drug-likeness (QED) is 0.611. The molecule has 0 radical (unpaired) electrons. The van der Waals surface area contributed by atoms with Crippen molar-refractivity contribution in [1.29, 1.82) is 0 Å². The van der Waals surface area contributed by atoms with Crippen LogP contribution in [-0.4, -0.2) is 38.3 Å². The third kappa shape index (κ3) is 3.63. The molecule has 4 nitrogen and oxygen atoms in total. The summed E-state index contributed by atoms with van der Waals surface area (Å²) < 4.78 is 13.1. The molecular formula is C23H37NO3Si. The Kier molecular flexibility index (Phi) is 6.25. The lowest BCUT2D eigenvalue weighted by molar-refractivity contribution is -0.145. The third-order valence-corrected chi connectivity index (χ3v) is 12.9. The molecular weight excluding hydrogens is 366 g/mol. The first-order valence-electron chi connectivity index (χ1n) is 10.9. The average molecular weight is 404 g/mol. The third-order valence-electron chi connectivity index (χ3n) is 6.92. The summed E-state index contributed by atoms with van der Waals surface area (Å²) in [5.41, 5.74) is 4.17.